The molecule has 0 bridgehead atoms. The van der Waals surface area contributed by atoms with Gasteiger partial charge >= 0.3 is 5.97 Å². The molecule has 17 heavy (non-hydrogen) atoms. The Hall–Kier alpha value is -1.62. The van der Waals surface area contributed by atoms with Crippen molar-refractivity contribution in [3.05, 3.63) is 34.9 Å². The van der Waals surface area contributed by atoms with Crippen LogP contribution >= 0.6 is 0 Å². The van der Waals surface area contributed by atoms with Gasteiger partial charge in [-0.25, -0.2) is 9.18 Å². The van der Waals surface area contributed by atoms with E-state index >= 15 is 0 Å². The molecule has 0 aromatic rings. The molecule has 0 N–H and O–H groups in total. The summed E-state index contributed by atoms with van der Waals surface area (Å²) in [5.74, 6) is -0.925. The van der Waals surface area contributed by atoms with Gasteiger partial charge in [-0.2, -0.15) is 0 Å². The van der Waals surface area contributed by atoms with Gasteiger partial charge in [0.25, 0.3) is 0 Å². The molecule has 0 fully saturated rings. The van der Waals surface area contributed by atoms with Gasteiger partial charge in [-0.1, -0.05) is 0 Å². The molecule has 1 aliphatic heterocycles. The van der Waals surface area contributed by atoms with Crippen LogP contribution in [0.15, 0.2) is 34.9 Å². The van der Waals surface area contributed by atoms with Crippen LogP contribution in [0, 0.1) is 5.92 Å². The second kappa shape index (κ2) is 4.71. The van der Waals surface area contributed by atoms with E-state index in [-0.39, 0.29) is 19.0 Å². The molecular formula is C12H13FO4. The van der Waals surface area contributed by atoms with E-state index in [2.05, 4.69) is 4.74 Å². The van der Waals surface area contributed by atoms with E-state index in [0.717, 1.165) is 0 Å². The van der Waals surface area contributed by atoms with E-state index < -0.39 is 11.9 Å². The van der Waals surface area contributed by atoms with E-state index in [1.165, 1.54) is 20.3 Å². The average Bonchev–Trinajstić information content (AvgIpc) is 2.93. The van der Waals surface area contributed by atoms with Gasteiger partial charge in [-0.15, -0.1) is 0 Å². The van der Waals surface area contributed by atoms with Crippen LogP contribution in [0.4, 0.5) is 4.39 Å². The molecule has 0 spiro atoms. The Kier molecular flexibility index (Phi) is 3.28. The molecule has 1 atom stereocenters. The smallest absolute Gasteiger partial charge is 0.336 e. The van der Waals surface area contributed by atoms with E-state index in [9.17, 15) is 9.18 Å². The molecule has 1 unspecified atom stereocenters. The van der Waals surface area contributed by atoms with Crippen molar-refractivity contribution in [1.82, 2.24) is 0 Å². The maximum absolute atomic E-state index is 13.7. The van der Waals surface area contributed by atoms with Crippen molar-refractivity contribution < 1.29 is 23.4 Å². The normalized spacial score (nSPS) is 23.6. The minimum absolute atomic E-state index is 0.169. The first-order valence-electron chi connectivity index (χ1n) is 5.18. The zero-order chi connectivity index (χ0) is 12.4. The van der Waals surface area contributed by atoms with Gasteiger partial charge in [-0.05, 0) is 11.6 Å². The summed E-state index contributed by atoms with van der Waals surface area (Å²) in [6.45, 7) is 0.409. The fourth-order valence-electron chi connectivity index (χ4n) is 1.95. The molecule has 0 radical (unpaired) electrons. The Balaban J connectivity index is 2.31. The molecule has 1 aliphatic carbocycles. The molecule has 5 heteroatoms. The first-order valence-corrected chi connectivity index (χ1v) is 5.18. The van der Waals surface area contributed by atoms with Crippen LogP contribution < -0.4 is 0 Å². The van der Waals surface area contributed by atoms with Crippen LogP contribution in [0.2, 0.25) is 0 Å². The van der Waals surface area contributed by atoms with E-state index in [1.54, 1.807) is 6.08 Å². The molecule has 0 saturated heterocycles. The number of rotatable bonds is 3. The van der Waals surface area contributed by atoms with Crippen LogP contribution in [0.25, 0.3) is 0 Å². The highest BCUT2D eigenvalue weighted by Gasteiger charge is 2.32. The number of hydrogen-bond acceptors (Lipinski definition) is 4. The molecule has 0 aromatic carbocycles. The highest BCUT2D eigenvalue weighted by atomic mass is 19.1. The lowest BCUT2D eigenvalue weighted by Gasteiger charge is -2.09. The molecule has 1 heterocycles. The number of ether oxygens (including phenoxy) is 3. The number of esters is 1. The Labute approximate surface area is 98.3 Å². The standard InChI is InChI=1S/C12H13FO4/c1-15-7-3-8(11(13)4-7)9-5-17-6-10(9)12(14)16-2/h3-4,8H,5-6H2,1-2H3. The van der Waals surface area contributed by atoms with Crippen LogP contribution in [0.3, 0.4) is 0 Å². The summed E-state index contributed by atoms with van der Waals surface area (Å²) in [6, 6.07) is 0. The first-order chi connectivity index (χ1) is 8.17. The summed E-state index contributed by atoms with van der Waals surface area (Å²) in [7, 11) is 2.77. The van der Waals surface area contributed by atoms with Gasteiger partial charge in [-0.3, -0.25) is 0 Å². The Morgan fingerprint density at radius 3 is 2.82 bits per heavy atom. The fraction of sp³-hybridized carbons (Fsp3) is 0.417. The summed E-state index contributed by atoms with van der Waals surface area (Å²) in [6.07, 6.45) is 2.94. The Morgan fingerprint density at radius 1 is 1.47 bits per heavy atom. The molecule has 0 amide bonds. The van der Waals surface area contributed by atoms with Crippen LogP contribution in [0.1, 0.15) is 0 Å². The predicted octanol–water partition coefficient (Wildman–Crippen LogP) is 1.50. The maximum Gasteiger partial charge on any atom is 0.336 e. The number of hydrogen-bond donors (Lipinski definition) is 0. The van der Waals surface area contributed by atoms with Gasteiger partial charge in [0.15, 0.2) is 0 Å². The zero-order valence-electron chi connectivity index (χ0n) is 9.66. The SMILES string of the molecule is COC(=O)C1=C(C2C=C(OC)C=C2F)COC1. The zero-order valence-corrected chi connectivity index (χ0v) is 9.66. The predicted molar refractivity (Wildman–Crippen MR) is 57.6 cm³/mol. The lowest BCUT2D eigenvalue weighted by Crippen LogP contribution is -2.11. The van der Waals surface area contributed by atoms with Crippen molar-refractivity contribution in [3.63, 3.8) is 0 Å². The number of carbonyl (C=O) groups excluding carboxylic acids is 1. The lowest BCUT2D eigenvalue weighted by molar-refractivity contribution is -0.136. The third-order valence-corrected chi connectivity index (χ3v) is 2.84. The largest absolute Gasteiger partial charge is 0.497 e. The monoisotopic (exact) mass is 240 g/mol. The summed E-state index contributed by atoms with van der Waals surface area (Å²) < 4.78 is 28.5. The molecular weight excluding hydrogens is 227 g/mol. The van der Waals surface area contributed by atoms with E-state index in [0.29, 0.717) is 16.9 Å². The number of methoxy groups -OCH3 is 2. The summed E-state index contributed by atoms with van der Waals surface area (Å²) >= 11 is 0. The third kappa shape index (κ3) is 2.10. The quantitative estimate of drug-likeness (QED) is 0.701. The first kappa shape index (κ1) is 11.9. The summed E-state index contributed by atoms with van der Waals surface area (Å²) in [5, 5.41) is 0. The number of carbonyl (C=O) groups is 1. The second-order valence-corrected chi connectivity index (χ2v) is 3.77. The van der Waals surface area contributed by atoms with Crippen molar-refractivity contribution in [1.29, 1.82) is 0 Å². The van der Waals surface area contributed by atoms with Gasteiger partial charge in [0.2, 0.25) is 0 Å². The number of halogens is 1. The van der Waals surface area contributed by atoms with Crippen molar-refractivity contribution in [2.75, 3.05) is 27.4 Å². The van der Waals surface area contributed by atoms with Crippen molar-refractivity contribution in [2.45, 2.75) is 0 Å². The average molecular weight is 240 g/mol. The van der Waals surface area contributed by atoms with Crippen LogP contribution in [0.5, 0.6) is 0 Å². The minimum atomic E-state index is -0.568. The molecule has 2 aliphatic rings. The van der Waals surface area contributed by atoms with E-state index in [4.69, 9.17) is 9.47 Å². The minimum Gasteiger partial charge on any atom is -0.497 e. The van der Waals surface area contributed by atoms with Crippen molar-refractivity contribution in [2.24, 2.45) is 5.92 Å². The summed E-state index contributed by atoms with van der Waals surface area (Å²) in [5.41, 5.74) is 1.01. The topological polar surface area (TPSA) is 44.8 Å². The molecule has 2 rings (SSSR count). The second-order valence-electron chi connectivity index (χ2n) is 3.77. The third-order valence-electron chi connectivity index (χ3n) is 2.84. The fourth-order valence-corrected chi connectivity index (χ4v) is 1.95. The van der Waals surface area contributed by atoms with Crippen molar-refractivity contribution in [3.8, 4) is 0 Å². The van der Waals surface area contributed by atoms with Gasteiger partial charge in [0, 0.05) is 6.08 Å². The molecule has 92 valence electrons. The van der Waals surface area contributed by atoms with Gasteiger partial charge < -0.3 is 14.2 Å². The molecule has 0 saturated carbocycles. The highest BCUT2D eigenvalue weighted by molar-refractivity contribution is 5.90. The van der Waals surface area contributed by atoms with Crippen molar-refractivity contribution >= 4 is 5.97 Å². The molecule has 4 nitrogen and oxygen atoms in total. The highest BCUT2D eigenvalue weighted by Crippen LogP contribution is 2.35. The Morgan fingerprint density at radius 2 is 2.24 bits per heavy atom. The van der Waals surface area contributed by atoms with E-state index in [1.807, 2.05) is 0 Å². The molecule has 0 aromatic heterocycles. The van der Waals surface area contributed by atoms with Gasteiger partial charge in [0.05, 0.1) is 38.9 Å². The van der Waals surface area contributed by atoms with Gasteiger partial charge in [0.1, 0.15) is 11.6 Å². The van der Waals surface area contributed by atoms with Crippen LogP contribution in [-0.2, 0) is 19.0 Å². The van der Waals surface area contributed by atoms with Crippen LogP contribution in [-0.4, -0.2) is 33.4 Å². The summed E-state index contributed by atoms with van der Waals surface area (Å²) in [4.78, 5) is 11.5. The Bertz CT molecular complexity index is 434. The number of allylic oxidation sites excluding steroid dienone is 3. The lowest BCUT2D eigenvalue weighted by atomic mass is 9.96. The maximum atomic E-state index is 13.7.